The van der Waals surface area contributed by atoms with Crippen LogP contribution < -0.4 is 10.2 Å². The maximum atomic E-state index is 13.9. The van der Waals surface area contributed by atoms with E-state index in [1.54, 1.807) is 18.2 Å². The SMILES string of the molecule is Cl.O=C(c1ccn(C2CCCNC2)n1)N1CCN(c2ccccc2F)CC1. The monoisotopic (exact) mass is 393 g/mol. The molecule has 1 amide bonds. The molecule has 2 aromatic rings. The second-order valence-corrected chi connectivity index (χ2v) is 6.91. The van der Waals surface area contributed by atoms with Crippen molar-refractivity contribution in [3.8, 4) is 0 Å². The molecule has 2 aliphatic heterocycles. The van der Waals surface area contributed by atoms with Gasteiger partial charge in [-0.05, 0) is 37.6 Å². The first-order valence-corrected chi connectivity index (χ1v) is 9.27. The number of piperidine rings is 1. The first kappa shape index (κ1) is 19.6. The predicted molar refractivity (Wildman–Crippen MR) is 105 cm³/mol. The largest absolute Gasteiger partial charge is 0.366 e. The van der Waals surface area contributed by atoms with Gasteiger partial charge in [-0.3, -0.25) is 9.48 Å². The number of hydrogen-bond donors (Lipinski definition) is 1. The van der Waals surface area contributed by atoms with Crippen LogP contribution in [-0.2, 0) is 0 Å². The molecule has 0 radical (unpaired) electrons. The number of halogens is 2. The zero-order valence-corrected chi connectivity index (χ0v) is 16.0. The van der Waals surface area contributed by atoms with E-state index < -0.39 is 0 Å². The number of anilines is 1. The van der Waals surface area contributed by atoms with Gasteiger partial charge in [0.05, 0.1) is 11.7 Å². The van der Waals surface area contributed by atoms with Crippen molar-refractivity contribution >= 4 is 24.0 Å². The Kier molecular flexibility index (Phi) is 6.34. The van der Waals surface area contributed by atoms with Crippen LogP contribution in [0.1, 0.15) is 29.4 Å². The Bertz CT molecular complexity index is 769. The Morgan fingerprint density at radius 2 is 1.93 bits per heavy atom. The van der Waals surface area contributed by atoms with Crippen molar-refractivity contribution in [2.75, 3.05) is 44.2 Å². The summed E-state index contributed by atoms with van der Waals surface area (Å²) in [6, 6.07) is 8.91. The number of hydrogen-bond acceptors (Lipinski definition) is 4. The summed E-state index contributed by atoms with van der Waals surface area (Å²) >= 11 is 0. The number of nitrogens with one attached hydrogen (secondary N) is 1. The van der Waals surface area contributed by atoms with Crippen LogP contribution >= 0.6 is 12.4 Å². The summed E-state index contributed by atoms with van der Waals surface area (Å²) in [5.41, 5.74) is 1.10. The summed E-state index contributed by atoms with van der Waals surface area (Å²) in [5.74, 6) is -0.257. The van der Waals surface area contributed by atoms with Crippen LogP contribution in [0.25, 0.3) is 0 Å². The minimum absolute atomic E-state index is 0. The van der Waals surface area contributed by atoms with Crippen LogP contribution in [0.2, 0.25) is 0 Å². The van der Waals surface area contributed by atoms with Crippen molar-refractivity contribution in [3.05, 3.63) is 48.0 Å². The molecule has 1 N–H and O–H groups in total. The molecule has 0 spiro atoms. The minimum Gasteiger partial charge on any atom is -0.366 e. The molecule has 1 atom stereocenters. The lowest BCUT2D eigenvalue weighted by Crippen LogP contribution is -2.49. The van der Waals surface area contributed by atoms with Crippen LogP contribution in [0.4, 0.5) is 10.1 Å². The average molecular weight is 394 g/mol. The van der Waals surface area contributed by atoms with Crippen molar-refractivity contribution in [2.24, 2.45) is 0 Å². The molecule has 27 heavy (non-hydrogen) atoms. The van der Waals surface area contributed by atoms with Gasteiger partial charge in [-0.2, -0.15) is 5.10 Å². The first-order valence-electron chi connectivity index (χ1n) is 9.27. The lowest BCUT2D eigenvalue weighted by atomic mass is 10.1. The third-order valence-corrected chi connectivity index (χ3v) is 5.23. The lowest BCUT2D eigenvalue weighted by molar-refractivity contribution is 0.0739. The molecule has 2 aliphatic rings. The van der Waals surface area contributed by atoms with E-state index in [-0.39, 0.29) is 24.1 Å². The van der Waals surface area contributed by atoms with E-state index in [0.717, 1.165) is 25.9 Å². The highest BCUT2D eigenvalue weighted by molar-refractivity contribution is 5.92. The van der Waals surface area contributed by atoms with Crippen molar-refractivity contribution in [3.63, 3.8) is 0 Å². The highest BCUT2D eigenvalue weighted by Gasteiger charge is 2.25. The Labute approximate surface area is 164 Å². The molecule has 8 heteroatoms. The number of piperazine rings is 1. The fourth-order valence-electron chi connectivity index (χ4n) is 3.74. The van der Waals surface area contributed by atoms with Crippen molar-refractivity contribution in [1.29, 1.82) is 0 Å². The Balaban J connectivity index is 0.00000210. The Morgan fingerprint density at radius 3 is 2.63 bits per heavy atom. The molecule has 0 saturated carbocycles. The number of nitrogens with zero attached hydrogens (tertiary/aromatic N) is 4. The van der Waals surface area contributed by atoms with Crippen LogP contribution in [0.3, 0.4) is 0 Å². The van der Waals surface area contributed by atoms with Gasteiger partial charge in [-0.15, -0.1) is 12.4 Å². The summed E-state index contributed by atoms with van der Waals surface area (Å²) in [6.07, 6.45) is 4.12. The van der Waals surface area contributed by atoms with E-state index in [1.165, 1.54) is 6.07 Å². The number of benzene rings is 1. The number of para-hydroxylation sites is 1. The van der Waals surface area contributed by atoms with E-state index in [1.807, 2.05) is 26.7 Å². The second-order valence-electron chi connectivity index (χ2n) is 6.91. The molecule has 0 bridgehead atoms. The Morgan fingerprint density at radius 1 is 1.15 bits per heavy atom. The van der Waals surface area contributed by atoms with E-state index in [9.17, 15) is 9.18 Å². The van der Waals surface area contributed by atoms with Gasteiger partial charge in [-0.1, -0.05) is 12.1 Å². The van der Waals surface area contributed by atoms with E-state index >= 15 is 0 Å². The topological polar surface area (TPSA) is 53.4 Å². The number of rotatable bonds is 3. The molecule has 2 saturated heterocycles. The third kappa shape index (κ3) is 4.25. The second kappa shape index (κ2) is 8.71. The molecule has 1 aromatic heterocycles. The molecular weight excluding hydrogens is 369 g/mol. The number of aromatic nitrogens is 2. The summed E-state index contributed by atoms with van der Waals surface area (Å²) in [7, 11) is 0. The van der Waals surface area contributed by atoms with E-state index in [0.29, 0.717) is 43.6 Å². The van der Waals surface area contributed by atoms with Gasteiger partial charge in [0, 0.05) is 38.9 Å². The fraction of sp³-hybridized carbons (Fsp3) is 0.474. The normalized spacial score (nSPS) is 20.3. The van der Waals surface area contributed by atoms with Gasteiger partial charge >= 0.3 is 0 Å². The van der Waals surface area contributed by atoms with Crippen molar-refractivity contribution in [1.82, 2.24) is 20.0 Å². The third-order valence-electron chi connectivity index (χ3n) is 5.23. The molecule has 6 nitrogen and oxygen atoms in total. The standard InChI is InChI=1S/C19H24FN5O.ClH/c20-16-5-1-2-6-18(16)23-10-12-24(13-11-23)19(26)17-7-9-25(22-17)15-4-3-8-21-14-15;/h1-2,5-7,9,15,21H,3-4,8,10-14H2;1H. The van der Waals surface area contributed by atoms with Crippen molar-refractivity contribution in [2.45, 2.75) is 18.9 Å². The highest BCUT2D eigenvalue weighted by Crippen LogP contribution is 2.21. The van der Waals surface area contributed by atoms with Gasteiger partial charge < -0.3 is 15.1 Å². The molecule has 3 heterocycles. The molecule has 0 aliphatic carbocycles. The maximum absolute atomic E-state index is 13.9. The first-order chi connectivity index (χ1) is 12.7. The van der Waals surface area contributed by atoms with Crippen LogP contribution in [0.5, 0.6) is 0 Å². The van der Waals surface area contributed by atoms with E-state index in [4.69, 9.17) is 0 Å². The highest BCUT2D eigenvalue weighted by atomic mass is 35.5. The summed E-state index contributed by atoms with van der Waals surface area (Å²) in [5, 5.41) is 7.88. The molecule has 2 fully saturated rings. The van der Waals surface area contributed by atoms with Gasteiger partial charge in [0.2, 0.25) is 0 Å². The average Bonchev–Trinajstić information content (AvgIpc) is 3.19. The zero-order chi connectivity index (χ0) is 17.9. The number of amides is 1. The summed E-state index contributed by atoms with van der Waals surface area (Å²) in [4.78, 5) is 16.5. The minimum atomic E-state index is -0.216. The lowest BCUT2D eigenvalue weighted by Gasteiger charge is -2.35. The predicted octanol–water partition coefficient (Wildman–Crippen LogP) is 2.33. The fourth-order valence-corrected chi connectivity index (χ4v) is 3.74. The molecular formula is C19H25ClFN5O. The van der Waals surface area contributed by atoms with Gasteiger partial charge in [0.25, 0.3) is 5.91 Å². The van der Waals surface area contributed by atoms with Gasteiger partial charge in [0.1, 0.15) is 11.5 Å². The number of carbonyl (C=O) groups excluding carboxylic acids is 1. The van der Waals surface area contributed by atoms with Crippen LogP contribution in [0, 0.1) is 5.82 Å². The molecule has 4 rings (SSSR count). The van der Waals surface area contributed by atoms with E-state index in [2.05, 4.69) is 10.4 Å². The maximum Gasteiger partial charge on any atom is 0.274 e. The van der Waals surface area contributed by atoms with Gasteiger partial charge in [0.15, 0.2) is 0 Å². The summed E-state index contributed by atoms with van der Waals surface area (Å²) < 4.78 is 15.8. The smallest absolute Gasteiger partial charge is 0.274 e. The molecule has 1 unspecified atom stereocenters. The van der Waals surface area contributed by atoms with Gasteiger partial charge in [-0.25, -0.2) is 4.39 Å². The Hall–Kier alpha value is -2.12. The van der Waals surface area contributed by atoms with Crippen molar-refractivity contribution < 1.29 is 9.18 Å². The zero-order valence-electron chi connectivity index (χ0n) is 15.2. The molecule has 146 valence electrons. The van der Waals surface area contributed by atoms with Crippen LogP contribution in [-0.4, -0.2) is 59.9 Å². The summed E-state index contributed by atoms with van der Waals surface area (Å²) in [6.45, 7) is 4.35. The number of carbonyl (C=O) groups is 1. The quantitative estimate of drug-likeness (QED) is 0.869. The molecule has 1 aromatic carbocycles. The van der Waals surface area contributed by atoms with Crippen LogP contribution in [0.15, 0.2) is 36.5 Å².